The molecular weight excluding hydrogens is 556 g/mol. The molecule has 0 saturated carbocycles. The van der Waals surface area contributed by atoms with Crippen LogP contribution in [0.25, 0.3) is 5.69 Å². The van der Waals surface area contributed by atoms with Gasteiger partial charge < -0.3 is 44.4 Å². The van der Waals surface area contributed by atoms with Crippen molar-refractivity contribution in [2.45, 2.75) is 58.2 Å². The van der Waals surface area contributed by atoms with Gasteiger partial charge in [-0.1, -0.05) is 0 Å². The maximum absolute atomic E-state index is 12.9. The SMILES string of the molecule is COc1cc(-n2cnc(Nc3nc4c(c(N5CCCC5C(N)=O)n3)CCN(C(=O)OC(C)(C)C)C4)c2)cc(OC)c1OC. The molecule has 43 heavy (non-hydrogen) atoms. The minimum absolute atomic E-state index is 0.239. The standard InChI is InChI=1S/C29H38N8O6/c1-29(2,3)43-28(39)35-11-9-18-19(14-35)32-27(34-26(18)37-10-7-8-20(37)25(30)38)33-23-15-36(16-31-23)17-12-21(40-4)24(42-6)22(13-17)41-5/h12-13,15-16,20H,7-11,14H2,1-6H3,(H2,30,38)(H,32,33,34). The predicted octanol–water partition coefficient (Wildman–Crippen LogP) is 3.18. The van der Waals surface area contributed by atoms with Crippen molar-refractivity contribution in [2.24, 2.45) is 5.73 Å². The van der Waals surface area contributed by atoms with Crippen molar-refractivity contribution in [3.05, 3.63) is 35.9 Å². The number of hydrogen-bond acceptors (Lipinski definition) is 11. The Kier molecular flexibility index (Phi) is 8.20. The van der Waals surface area contributed by atoms with E-state index in [2.05, 4.69) is 10.3 Å². The first-order chi connectivity index (χ1) is 20.5. The van der Waals surface area contributed by atoms with Crippen LogP contribution in [-0.4, -0.2) is 82.5 Å². The van der Waals surface area contributed by atoms with E-state index in [1.54, 1.807) is 43.3 Å². The Balaban J connectivity index is 1.48. The van der Waals surface area contributed by atoms with Crippen LogP contribution in [-0.2, 0) is 22.5 Å². The normalized spacial score (nSPS) is 16.5. The number of nitrogens with two attached hydrogens (primary N) is 1. The number of primary amides is 1. The Hall–Kier alpha value is -4.75. The van der Waals surface area contributed by atoms with Crippen LogP contribution in [0.3, 0.4) is 0 Å². The van der Waals surface area contributed by atoms with Gasteiger partial charge in [0.05, 0.1) is 45.5 Å². The average molecular weight is 595 g/mol. The highest BCUT2D eigenvalue weighted by atomic mass is 16.6. The van der Waals surface area contributed by atoms with Crippen LogP contribution in [0.15, 0.2) is 24.7 Å². The first kappa shape index (κ1) is 29.7. The number of carbonyl (C=O) groups excluding carboxylic acids is 2. The van der Waals surface area contributed by atoms with Gasteiger partial charge in [-0.15, -0.1) is 0 Å². The van der Waals surface area contributed by atoms with Gasteiger partial charge in [0.2, 0.25) is 17.6 Å². The summed E-state index contributed by atoms with van der Waals surface area (Å²) in [4.78, 5) is 42.9. The molecule has 230 valence electrons. The molecule has 3 aromatic rings. The fourth-order valence-electron chi connectivity index (χ4n) is 5.36. The van der Waals surface area contributed by atoms with E-state index in [4.69, 9.17) is 34.6 Å². The molecule has 14 nitrogen and oxygen atoms in total. The van der Waals surface area contributed by atoms with Gasteiger partial charge in [-0.05, 0) is 40.0 Å². The molecule has 4 heterocycles. The molecule has 0 radical (unpaired) electrons. The van der Waals surface area contributed by atoms with Crippen molar-refractivity contribution < 1.29 is 28.5 Å². The molecule has 1 fully saturated rings. The number of imidazole rings is 1. The quantitative estimate of drug-likeness (QED) is 0.394. The minimum Gasteiger partial charge on any atom is -0.493 e. The predicted molar refractivity (Wildman–Crippen MR) is 158 cm³/mol. The smallest absolute Gasteiger partial charge is 0.410 e. The Labute approximate surface area is 250 Å². The molecule has 1 atom stereocenters. The summed E-state index contributed by atoms with van der Waals surface area (Å²) in [6.45, 7) is 6.82. The van der Waals surface area contributed by atoms with Gasteiger partial charge in [-0.3, -0.25) is 4.79 Å². The summed E-state index contributed by atoms with van der Waals surface area (Å²) in [5.41, 5.74) is 7.42. The van der Waals surface area contributed by atoms with E-state index in [0.717, 1.165) is 17.7 Å². The number of rotatable bonds is 8. The molecule has 0 aliphatic carbocycles. The Morgan fingerprint density at radius 3 is 2.40 bits per heavy atom. The van der Waals surface area contributed by atoms with E-state index in [-0.39, 0.29) is 12.5 Å². The van der Waals surface area contributed by atoms with E-state index in [0.29, 0.717) is 60.5 Å². The maximum atomic E-state index is 12.9. The minimum atomic E-state index is -0.623. The lowest BCUT2D eigenvalue weighted by molar-refractivity contribution is -0.119. The molecule has 2 amide bonds. The van der Waals surface area contributed by atoms with E-state index in [1.807, 2.05) is 37.8 Å². The number of carbonyl (C=O) groups is 2. The summed E-state index contributed by atoms with van der Waals surface area (Å²) in [6, 6.07) is 3.15. The van der Waals surface area contributed by atoms with Gasteiger partial charge in [-0.2, -0.15) is 4.98 Å². The zero-order chi connectivity index (χ0) is 30.9. The van der Waals surface area contributed by atoms with Crippen molar-refractivity contribution in [3.8, 4) is 22.9 Å². The lowest BCUT2D eigenvalue weighted by Crippen LogP contribution is -2.43. The lowest BCUT2D eigenvalue weighted by atomic mass is 10.0. The van der Waals surface area contributed by atoms with Crippen molar-refractivity contribution >= 4 is 29.6 Å². The number of nitrogens with zero attached hydrogens (tertiary/aromatic N) is 6. The Bertz CT molecular complexity index is 1490. The lowest BCUT2D eigenvalue weighted by Gasteiger charge is -2.33. The molecule has 3 N–H and O–H groups in total. The molecule has 14 heteroatoms. The van der Waals surface area contributed by atoms with E-state index >= 15 is 0 Å². The molecule has 1 aromatic carbocycles. The van der Waals surface area contributed by atoms with E-state index < -0.39 is 23.6 Å². The maximum Gasteiger partial charge on any atom is 0.410 e. The second kappa shape index (κ2) is 11.9. The average Bonchev–Trinajstić information content (AvgIpc) is 3.65. The summed E-state index contributed by atoms with van der Waals surface area (Å²) >= 11 is 0. The summed E-state index contributed by atoms with van der Waals surface area (Å²) < 4.78 is 23.8. The summed E-state index contributed by atoms with van der Waals surface area (Å²) in [7, 11) is 4.66. The van der Waals surface area contributed by atoms with Gasteiger partial charge >= 0.3 is 6.09 Å². The van der Waals surface area contributed by atoms with Crippen LogP contribution in [0.2, 0.25) is 0 Å². The van der Waals surface area contributed by atoms with Crippen molar-refractivity contribution in [1.82, 2.24) is 24.4 Å². The monoisotopic (exact) mass is 594 g/mol. The molecule has 0 bridgehead atoms. The largest absolute Gasteiger partial charge is 0.493 e. The highest BCUT2D eigenvalue weighted by Gasteiger charge is 2.35. The molecule has 1 unspecified atom stereocenters. The van der Waals surface area contributed by atoms with Gasteiger partial charge in [0.25, 0.3) is 0 Å². The Morgan fingerprint density at radius 1 is 1.05 bits per heavy atom. The van der Waals surface area contributed by atoms with Crippen molar-refractivity contribution in [2.75, 3.05) is 44.6 Å². The van der Waals surface area contributed by atoms with Gasteiger partial charge in [-0.25, -0.2) is 14.8 Å². The number of benzene rings is 1. The second-order valence-electron chi connectivity index (χ2n) is 11.4. The van der Waals surface area contributed by atoms with Gasteiger partial charge in [0, 0.05) is 30.8 Å². The molecule has 1 saturated heterocycles. The van der Waals surface area contributed by atoms with E-state index in [1.165, 1.54) is 0 Å². The van der Waals surface area contributed by atoms with Crippen molar-refractivity contribution in [3.63, 3.8) is 0 Å². The molecule has 2 aliphatic heterocycles. The third-order valence-electron chi connectivity index (χ3n) is 7.32. The fraction of sp³-hybridized carbons (Fsp3) is 0.483. The number of hydrogen-bond donors (Lipinski definition) is 2. The van der Waals surface area contributed by atoms with Crippen LogP contribution in [0.1, 0.15) is 44.9 Å². The molecule has 0 spiro atoms. The number of amides is 2. The highest BCUT2D eigenvalue weighted by molar-refractivity contribution is 5.84. The third-order valence-corrected chi connectivity index (χ3v) is 7.32. The summed E-state index contributed by atoms with van der Waals surface area (Å²) in [6.07, 6.45) is 4.99. The van der Waals surface area contributed by atoms with Gasteiger partial charge in [0.15, 0.2) is 17.3 Å². The first-order valence-electron chi connectivity index (χ1n) is 14.1. The molecule has 2 aliphatic rings. The number of ether oxygens (including phenoxy) is 4. The Morgan fingerprint density at radius 2 is 1.77 bits per heavy atom. The van der Waals surface area contributed by atoms with Crippen LogP contribution in [0.4, 0.5) is 22.4 Å². The third kappa shape index (κ3) is 6.22. The summed E-state index contributed by atoms with van der Waals surface area (Å²) in [5, 5.41) is 3.20. The van der Waals surface area contributed by atoms with E-state index in [9.17, 15) is 9.59 Å². The topological polar surface area (TPSA) is 159 Å². The summed E-state index contributed by atoms with van der Waals surface area (Å²) in [5.74, 6) is 2.51. The van der Waals surface area contributed by atoms with Crippen LogP contribution in [0.5, 0.6) is 17.2 Å². The number of nitrogens with one attached hydrogen (secondary N) is 1. The van der Waals surface area contributed by atoms with Crippen molar-refractivity contribution in [1.29, 1.82) is 0 Å². The second-order valence-corrected chi connectivity index (χ2v) is 11.4. The fourth-order valence-corrected chi connectivity index (χ4v) is 5.36. The highest BCUT2D eigenvalue weighted by Crippen LogP contribution is 2.39. The van der Waals surface area contributed by atoms with Gasteiger partial charge in [0.1, 0.15) is 23.8 Å². The molecule has 2 aromatic heterocycles. The van der Waals surface area contributed by atoms with Crippen LogP contribution >= 0.6 is 0 Å². The zero-order valence-corrected chi connectivity index (χ0v) is 25.3. The number of anilines is 3. The number of methoxy groups -OCH3 is 3. The first-order valence-corrected chi connectivity index (χ1v) is 14.1. The van der Waals surface area contributed by atoms with Crippen LogP contribution in [0, 0.1) is 0 Å². The zero-order valence-electron chi connectivity index (χ0n) is 25.3. The number of fused-ring (bicyclic) bond motifs is 1. The number of aromatic nitrogens is 4. The molecular formula is C29H38N8O6. The van der Waals surface area contributed by atoms with Crippen LogP contribution < -0.4 is 30.2 Å². The molecule has 5 rings (SSSR count).